The smallest absolute Gasteiger partial charge is 0.313 e. The monoisotopic (exact) mass is 380 g/mol. The molecule has 2 aromatic carbocycles. The molecule has 0 saturated carbocycles. The minimum Gasteiger partial charge on any atom is -0.383 e. The zero-order valence-corrected chi connectivity index (χ0v) is 15.6. The topological polar surface area (TPSA) is 78.4 Å². The number of benzene rings is 2. The highest BCUT2D eigenvalue weighted by Crippen LogP contribution is 2.28. The number of anilines is 1. The Bertz CT molecular complexity index is 937. The minimum atomic E-state index is -0.704. The van der Waals surface area contributed by atoms with Crippen molar-refractivity contribution in [3.8, 4) is 0 Å². The number of rotatable bonds is 5. The number of thiophene rings is 1. The summed E-state index contributed by atoms with van der Waals surface area (Å²) in [6.07, 6.45) is -0.704. The molecule has 0 bridgehead atoms. The average molecular weight is 380 g/mol. The van der Waals surface area contributed by atoms with E-state index >= 15 is 0 Å². The van der Waals surface area contributed by atoms with E-state index in [4.69, 9.17) is 0 Å². The number of aliphatic hydroxyl groups excluding tert-OH is 1. The van der Waals surface area contributed by atoms with Gasteiger partial charge in [0.25, 0.3) is 0 Å². The number of hydrogen-bond acceptors (Lipinski definition) is 4. The molecule has 0 aliphatic rings. The van der Waals surface area contributed by atoms with Gasteiger partial charge >= 0.3 is 11.8 Å². The van der Waals surface area contributed by atoms with E-state index in [1.807, 2.05) is 61.5 Å². The van der Waals surface area contributed by atoms with Gasteiger partial charge in [0, 0.05) is 15.4 Å². The molecule has 27 heavy (non-hydrogen) atoms. The van der Waals surface area contributed by atoms with E-state index < -0.39 is 17.9 Å². The van der Waals surface area contributed by atoms with Crippen LogP contribution in [0.1, 0.15) is 27.0 Å². The van der Waals surface area contributed by atoms with Crippen LogP contribution in [0.3, 0.4) is 0 Å². The molecule has 1 heterocycles. The zero-order valence-electron chi connectivity index (χ0n) is 14.8. The van der Waals surface area contributed by atoms with Gasteiger partial charge in [0.2, 0.25) is 0 Å². The maximum absolute atomic E-state index is 12.0. The average Bonchev–Trinajstić information content (AvgIpc) is 3.17. The molecule has 0 saturated heterocycles. The lowest BCUT2D eigenvalue weighted by atomic mass is 10.1. The van der Waals surface area contributed by atoms with Crippen LogP contribution in [0.4, 0.5) is 5.69 Å². The van der Waals surface area contributed by atoms with Gasteiger partial charge in [-0.2, -0.15) is 0 Å². The molecule has 0 aliphatic carbocycles. The lowest BCUT2D eigenvalue weighted by Gasteiger charge is -2.09. The Labute approximate surface area is 161 Å². The van der Waals surface area contributed by atoms with E-state index in [2.05, 4.69) is 10.6 Å². The highest BCUT2D eigenvalue weighted by molar-refractivity contribution is 7.12. The van der Waals surface area contributed by atoms with E-state index in [0.717, 1.165) is 20.9 Å². The molecule has 3 N–H and O–H groups in total. The van der Waals surface area contributed by atoms with Gasteiger partial charge in [-0.15, -0.1) is 11.3 Å². The maximum Gasteiger partial charge on any atom is 0.313 e. The minimum absolute atomic E-state index is 0.228. The van der Waals surface area contributed by atoms with Gasteiger partial charge in [-0.25, -0.2) is 0 Å². The van der Waals surface area contributed by atoms with Crippen molar-refractivity contribution in [1.29, 1.82) is 0 Å². The summed E-state index contributed by atoms with van der Waals surface area (Å²) in [7, 11) is 0. The van der Waals surface area contributed by atoms with Gasteiger partial charge in [0.1, 0.15) is 6.10 Å². The molecule has 0 radical (unpaired) electrons. The normalized spacial score (nSPS) is 11.6. The Morgan fingerprint density at radius 1 is 0.963 bits per heavy atom. The predicted octanol–water partition coefficient (Wildman–Crippen LogP) is 3.39. The van der Waals surface area contributed by atoms with Gasteiger partial charge in [-0.05, 0) is 36.2 Å². The quantitative estimate of drug-likeness (QED) is 0.594. The molecule has 5 nitrogen and oxygen atoms in total. The number of aliphatic hydroxyl groups is 1. The third-order valence-electron chi connectivity index (χ3n) is 4.09. The Morgan fingerprint density at radius 2 is 1.67 bits per heavy atom. The van der Waals surface area contributed by atoms with Gasteiger partial charge in [-0.3, -0.25) is 9.59 Å². The molecular weight excluding hydrogens is 360 g/mol. The second kappa shape index (κ2) is 8.62. The Kier molecular flexibility index (Phi) is 6.01. The molecule has 3 aromatic rings. The van der Waals surface area contributed by atoms with Crippen molar-refractivity contribution >= 4 is 28.8 Å². The molecule has 0 fully saturated rings. The Balaban J connectivity index is 1.56. The summed E-state index contributed by atoms with van der Waals surface area (Å²) in [5.41, 5.74) is 2.31. The number of amides is 2. The molecule has 1 unspecified atom stereocenters. The SMILES string of the molecule is Cc1ccccc1NC(=O)C(=O)NCc1ccc(C(O)c2ccccc2)s1. The van der Waals surface area contributed by atoms with Crippen LogP contribution >= 0.6 is 11.3 Å². The molecule has 138 valence electrons. The second-order valence-electron chi connectivity index (χ2n) is 6.07. The van der Waals surface area contributed by atoms with Crippen LogP contribution in [-0.4, -0.2) is 16.9 Å². The van der Waals surface area contributed by atoms with Crippen molar-refractivity contribution in [2.24, 2.45) is 0 Å². The van der Waals surface area contributed by atoms with Crippen LogP contribution < -0.4 is 10.6 Å². The number of aryl methyl sites for hydroxylation is 1. The highest BCUT2D eigenvalue weighted by Gasteiger charge is 2.16. The molecule has 6 heteroatoms. The summed E-state index contributed by atoms with van der Waals surface area (Å²) in [5, 5.41) is 15.6. The van der Waals surface area contributed by atoms with Crippen molar-refractivity contribution in [3.05, 3.63) is 87.6 Å². The Morgan fingerprint density at radius 3 is 2.41 bits per heavy atom. The number of carbonyl (C=O) groups excluding carboxylic acids is 2. The fraction of sp³-hybridized carbons (Fsp3) is 0.143. The third-order valence-corrected chi connectivity index (χ3v) is 5.23. The second-order valence-corrected chi connectivity index (χ2v) is 7.27. The van der Waals surface area contributed by atoms with E-state index in [-0.39, 0.29) is 6.54 Å². The van der Waals surface area contributed by atoms with E-state index in [1.54, 1.807) is 12.1 Å². The first-order valence-corrected chi connectivity index (χ1v) is 9.32. The molecule has 1 atom stereocenters. The number of carbonyl (C=O) groups is 2. The van der Waals surface area contributed by atoms with Crippen molar-refractivity contribution < 1.29 is 14.7 Å². The van der Waals surface area contributed by atoms with E-state index in [0.29, 0.717) is 5.69 Å². The lowest BCUT2D eigenvalue weighted by Crippen LogP contribution is -2.34. The first kappa shape index (κ1) is 18.8. The van der Waals surface area contributed by atoms with Crippen LogP contribution in [0.15, 0.2) is 66.7 Å². The summed E-state index contributed by atoms with van der Waals surface area (Å²) >= 11 is 1.40. The third kappa shape index (κ3) is 4.81. The van der Waals surface area contributed by atoms with Crippen molar-refractivity contribution in [1.82, 2.24) is 5.32 Å². The molecule has 3 rings (SSSR count). The molecule has 0 spiro atoms. The standard InChI is InChI=1S/C21H20N2O3S/c1-14-7-5-6-10-17(14)23-21(26)20(25)22-13-16-11-12-18(27-16)19(24)15-8-3-2-4-9-15/h2-12,19,24H,13H2,1H3,(H,22,25)(H,23,26). The molecule has 1 aromatic heterocycles. The van der Waals surface area contributed by atoms with Crippen molar-refractivity contribution in [2.75, 3.05) is 5.32 Å². The summed E-state index contributed by atoms with van der Waals surface area (Å²) < 4.78 is 0. The number of nitrogens with one attached hydrogen (secondary N) is 2. The number of hydrogen-bond donors (Lipinski definition) is 3. The van der Waals surface area contributed by atoms with Crippen LogP contribution in [0.5, 0.6) is 0 Å². The molecule has 2 amide bonds. The maximum atomic E-state index is 12.0. The van der Waals surface area contributed by atoms with E-state index in [1.165, 1.54) is 11.3 Å². The predicted molar refractivity (Wildman–Crippen MR) is 106 cm³/mol. The van der Waals surface area contributed by atoms with Gasteiger partial charge in [0.15, 0.2) is 0 Å². The van der Waals surface area contributed by atoms with Crippen LogP contribution in [0.2, 0.25) is 0 Å². The first-order valence-electron chi connectivity index (χ1n) is 8.51. The molecular formula is C21H20N2O3S. The summed E-state index contributed by atoms with van der Waals surface area (Å²) in [6, 6.07) is 20.3. The van der Waals surface area contributed by atoms with Crippen molar-refractivity contribution in [2.45, 2.75) is 19.6 Å². The summed E-state index contributed by atoms with van der Waals surface area (Å²) in [5.74, 6) is -1.40. The van der Waals surface area contributed by atoms with Crippen molar-refractivity contribution in [3.63, 3.8) is 0 Å². The largest absolute Gasteiger partial charge is 0.383 e. The number of para-hydroxylation sites is 1. The highest BCUT2D eigenvalue weighted by atomic mass is 32.1. The van der Waals surface area contributed by atoms with Gasteiger partial charge < -0.3 is 15.7 Å². The van der Waals surface area contributed by atoms with E-state index in [9.17, 15) is 14.7 Å². The summed E-state index contributed by atoms with van der Waals surface area (Å²) in [6.45, 7) is 2.09. The van der Waals surface area contributed by atoms with Gasteiger partial charge in [-0.1, -0.05) is 48.5 Å². The van der Waals surface area contributed by atoms with Gasteiger partial charge in [0.05, 0.1) is 6.54 Å². The fourth-order valence-corrected chi connectivity index (χ4v) is 3.54. The zero-order chi connectivity index (χ0) is 19.2. The first-order chi connectivity index (χ1) is 13.0. The molecule has 0 aliphatic heterocycles. The Hall–Kier alpha value is -2.96. The fourth-order valence-electron chi connectivity index (χ4n) is 2.58. The van der Waals surface area contributed by atoms with Crippen LogP contribution in [0, 0.1) is 6.92 Å². The van der Waals surface area contributed by atoms with Crippen LogP contribution in [-0.2, 0) is 16.1 Å². The summed E-state index contributed by atoms with van der Waals surface area (Å²) in [4.78, 5) is 25.7. The lowest BCUT2D eigenvalue weighted by molar-refractivity contribution is -0.136. The van der Waals surface area contributed by atoms with Crippen LogP contribution in [0.25, 0.3) is 0 Å².